The van der Waals surface area contributed by atoms with Crippen molar-refractivity contribution in [3.8, 4) is 0 Å². The van der Waals surface area contributed by atoms with Crippen LogP contribution in [0.1, 0.15) is 40.6 Å². The topological polar surface area (TPSA) is 99.3 Å². The number of carbonyl (C=O) groups is 3. The van der Waals surface area contributed by atoms with Crippen LogP contribution in [-0.4, -0.2) is 33.8 Å². The molecule has 0 aliphatic carbocycles. The highest BCUT2D eigenvalue weighted by Gasteiger charge is 2.20. The lowest BCUT2D eigenvalue weighted by Gasteiger charge is -2.12. The molecule has 0 radical (unpaired) electrons. The largest absolute Gasteiger partial charge is 0.480 e. The Morgan fingerprint density at radius 3 is 2.68 bits per heavy atom. The summed E-state index contributed by atoms with van der Waals surface area (Å²) in [6.07, 6.45) is 3.76. The third kappa shape index (κ3) is 4.09. The molecule has 102 valence electrons. The molecule has 1 heterocycles. The number of amides is 1. The zero-order valence-electron chi connectivity index (χ0n) is 10.6. The van der Waals surface area contributed by atoms with Gasteiger partial charge in [-0.25, -0.2) is 4.79 Å². The Hall–Kier alpha value is -2.37. The smallest absolute Gasteiger partial charge is 0.326 e. The van der Waals surface area contributed by atoms with E-state index >= 15 is 0 Å². The summed E-state index contributed by atoms with van der Waals surface area (Å²) in [4.78, 5) is 36.5. The number of aromatic amines is 1. The number of aliphatic carboxylic acids is 1. The van der Waals surface area contributed by atoms with Crippen molar-refractivity contribution in [1.82, 2.24) is 10.3 Å². The number of nitrogens with one attached hydrogen (secondary N) is 2. The molecule has 1 aromatic rings. The number of carboxylic acid groups (broad SMARTS) is 1. The Labute approximate surface area is 110 Å². The van der Waals surface area contributed by atoms with E-state index in [4.69, 9.17) is 5.11 Å². The Bertz CT molecular complexity index is 504. The number of allylic oxidation sites excluding steroid dienone is 1. The van der Waals surface area contributed by atoms with Crippen LogP contribution in [0.2, 0.25) is 0 Å². The predicted molar refractivity (Wildman–Crippen MR) is 69.1 cm³/mol. The van der Waals surface area contributed by atoms with Crippen molar-refractivity contribution in [3.05, 3.63) is 36.2 Å². The second kappa shape index (κ2) is 6.53. The third-order valence-corrected chi connectivity index (χ3v) is 2.60. The van der Waals surface area contributed by atoms with Gasteiger partial charge in [-0.1, -0.05) is 6.08 Å². The molecule has 1 rings (SSSR count). The normalized spacial score (nSPS) is 11.6. The van der Waals surface area contributed by atoms with Crippen molar-refractivity contribution >= 4 is 17.7 Å². The van der Waals surface area contributed by atoms with Gasteiger partial charge in [0.15, 0.2) is 5.78 Å². The van der Waals surface area contributed by atoms with Gasteiger partial charge in [-0.3, -0.25) is 9.59 Å². The Balaban J connectivity index is 2.72. The molecule has 19 heavy (non-hydrogen) atoms. The molecule has 3 N–H and O–H groups in total. The summed E-state index contributed by atoms with van der Waals surface area (Å²) in [5.41, 5.74) is 0.540. The molecule has 0 saturated carbocycles. The first-order valence-electron chi connectivity index (χ1n) is 5.79. The Kier molecular flexibility index (Phi) is 5.05. The number of hydrogen-bond donors (Lipinski definition) is 3. The minimum absolute atomic E-state index is 0.162. The second-order valence-electron chi connectivity index (χ2n) is 4.09. The Morgan fingerprint density at radius 2 is 2.21 bits per heavy atom. The van der Waals surface area contributed by atoms with Gasteiger partial charge < -0.3 is 15.4 Å². The summed E-state index contributed by atoms with van der Waals surface area (Å²) >= 11 is 0. The molecule has 6 nitrogen and oxygen atoms in total. The minimum atomic E-state index is -1.10. The zero-order chi connectivity index (χ0) is 14.4. The van der Waals surface area contributed by atoms with Crippen molar-refractivity contribution in [2.24, 2.45) is 0 Å². The number of rotatable bonds is 7. The standard InChI is InChI=1S/C13H16N2O4/c1-3-4-5-10(13(18)19)15-12(17)11-6-9(7-14-11)8(2)16/h3,6-7,10,14H,1,4-5H2,2H3,(H,15,17)(H,18,19). The quantitative estimate of drug-likeness (QED) is 0.511. The molecule has 1 unspecified atom stereocenters. The number of hydrogen-bond acceptors (Lipinski definition) is 3. The van der Waals surface area contributed by atoms with Crippen LogP contribution in [0.4, 0.5) is 0 Å². The number of carboxylic acids is 1. The first-order chi connectivity index (χ1) is 8.95. The van der Waals surface area contributed by atoms with Gasteiger partial charge in [0.05, 0.1) is 0 Å². The third-order valence-electron chi connectivity index (χ3n) is 2.60. The number of Topliss-reactive ketones (excluding diaryl/α,β-unsaturated/α-hetero) is 1. The molecule has 6 heteroatoms. The SMILES string of the molecule is C=CCCC(NC(=O)c1cc(C(C)=O)c[nH]1)C(=O)O. The second-order valence-corrected chi connectivity index (χ2v) is 4.09. The van der Waals surface area contributed by atoms with Crippen LogP contribution in [0.15, 0.2) is 24.9 Å². The van der Waals surface area contributed by atoms with E-state index in [1.807, 2.05) is 0 Å². The molecule has 1 aromatic heterocycles. The molecule has 0 saturated heterocycles. The fraction of sp³-hybridized carbons (Fsp3) is 0.308. The monoisotopic (exact) mass is 264 g/mol. The lowest BCUT2D eigenvalue weighted by Crippen LogP contribution is -2.40. The van der Waals surface area contributed by atoms with Crippen molar-refractivity contribution in [2.45, 2.75) is 25.8 Å². The van der Waals surface area contributed by atoms with E-state index in [2.05, 4.69) is 16.9 Å². The maximum Gasteiger partial charge on any atom is 0.326 e. The fourth-order valence-electron chi connectivity index (χ4n) is 1.51. The summed E-state index contributed by atoms with van der Waals surface area (Å²) in [5, 5.41) is 11.4. The number of carbonyl (C=O) groups excluding carboxylic acids is 2. The van der Waals surface area contributed by atoms with Gasteiger partial charge in [-0.15, -0.1) is 6.58 Å². The molecule has 0 aliphatic heterocycles. The molecule has 1 atom stereocenters. The molecule has 0 spiro atoms. The maximum absolute atomic E-state index is 11.8. The average molecular weight is 264 g/mol. The fourth-order valence-corrected chi connectivity index (χ4v) is 1.51. The molecular formula is C13H16N2O4. The first kappa shape index (κ1) is 14.7. The van der Waals surface area contributed by atoms with Crippen LogP contribution in [0.25, 0.3) is 0 Å². The van der Waals surface area contributed by atoms with E-state index in [1.165, 1.54) is 19.2 Å². The number of ketones is 1. The lowest BCUT2D eigenvalue weighted by molar-refractivity contribution is -0.139. The van der Waals surface area contributed by atoms with Crippen molar-refractivity contribution < 1.29 is 19.5 Å². The van der Waals surface area contributed by atoms with Crippen LogP contribution < -0.4 is 5.32 Å². The minimum Gasteiger partial charge on any atom is -0.480 e. The van der Waals surface area contributed by atoms with Gasteiger partial charge in [0.2, 0.25) is 0 Å². The maximum atomic E-state index is 11.8. The van der Waals surface area contributed by atoms with E-state index < -0.39 is 17.9 Å². The Morgan fingerprint density at radius 1 is 1.53 bits per heavy atom. The highest BCUT2D eigenvalue weighted by Crippen LogP contribution is 2.06. The van der Waals surface area contributed by atoms with Crippen molar-refractivity contribution in [2.75, 3.05) is 0 Å². The van der Waals surface area contributed by atoms with E-state index in [1.54, 1.807) is 6.08 Å². The number of aromatic nitrogens is 1. The predicted octanol–water partition coefficient (Wildman–Crippen LogP) is 1.37. The van der Waals surface area contributed by atoms with E-state index in [0.29, 0.717) is 12.0 Å². The highest BCUT2D eigenvalue weighted by molar-refractivity contribution is 6.00. The van der Waals surface area contributed by atoms with Crippen LogP contribution in [-0.2, 0) is 4.79 Å². The molecule has 0 aromatic carbocycles. The first-order valence-corrected chi connectivity index (χ1v) is 5.79. The summed E-state index contributed by atoms with van der Waals surface area (Å²) in [5.74, 6) is -1.82. The van der Waals surface area contributed by atoms with E-state index in [0.717, 1.165) is 0 Å². The summed E-state index contributed by atoms with van der Waals surface area (Å²) in [6.45, 7) is 4.89. The van der Waals surface area contributed by atoms with Crippen LogP contribution in [0, 0.1) is 0 Å². The van der Waals surface area contributed by atoms with Crippen molar-refractivity contribution in [1.29, 1.82) is 0 Å². The van der Waals surface area contributed by atoms with Crippen molar-refractivity contribution in [3.63, 3.8) is 0 Å². The number of H-pyrrole nitrogens is 1. The van der Waals surface area contributed by atoms with Gasteiger partial charge >= 0.3 is 5.97 Å². The lowest BCUT2D eigenvalue weighted by atomic mass is 10.1. The van der Waals surface area contributed by atoms with Crippen LogP contribution in [0.5, 0.6) is 0 Å². The van der Waals surface area contributed by atoms with Crippen LogP contribution >= 0.6 is 0 Å². The van der Waals surface area contributed by atoms with Gasteiger partial charge in [0.25, 0.3) is 5.91 Å². The summed E-state index contributed by atoms with van der Waals surface area (Å²) in [7, 11) is 0. The highest BCUT2D eigenvalue weighted by atomic mass is 16.4. The van der Waals surface area contributed by atoms with Gasteiger partial charge in [0, 0.05) is 11.8 Å². The van der Waals surface area contributed by atoms with Gasteiger partial charge in [-0.05, 0) is 25.8 Å². The van der Waals surface area contributed by atoms with Gasteiger partial charge in [0.1, 0.15) is 11.7 Å². The summed E-state index contributed by atoms with van der Waals surface area (Å²) < 4.78 is 0. The molecule has 1 amide bonds. The average Bonchev–Trinajstić information content (AvgIpc) is 2.83. The van der Waals surface area contributed by atoms with E-state index in [-0.39, 0.29) is 17.9 Å². The molecule has 0 aliphatic rings. The molecular weight excluding hydrogens is 248 g/mol. The van der Waals surface area contributed by atoms with E-state index in [9.17, 15) is 14.4 Å². The zero-order valence-corrected chi connectivity index (χ0v) is 10.6. The van der Waals surface area contributed by atoms with Gasteiger partial charge in [-0.2, -0.15) is 0 Å². The molecule has 0 bridgehead atoms. The molecule has 0 fully saturated rings. The van der Waals surface area contributed by atoms with Crippen LogP contribution in [0.3, 0.4) is 0 Å². The summed E-state index contributed by atoms with van der Waals surface area (Å²) in [6, 6.07) is 0.416.